The summed E-state index contributed by atoms with van der Waals surface area (Å²) >= 11 is 0. The van der Waals surface area contributed by atoms with Gasteiger partial charge in [-0.2, -0.15) is 0 Å². The van der Waals surface area contributed by atoms with Gasteiger partial charge in [0, 0.05) is 12.3 Å². The summed E-state index contributed by atoms with van der Waals surface area (Å²) in [5, 5.41) is 2.94. The van der Waals surface area contributed by atoms with Gasteiger partial charge >= 0.3 is 0 Å². The third-order valence-electron chi connectivity index (χ3n) is 4.00. The van der Waals surface area contributed by atoms with Gasteiger partial charge in [-0.15, -0.1) is 0 Å². The molecule has 2 rings (SSSR count). The van der Waals surface area contributed by atoms with Gasteiger partial charge in [0.05, 0.1) is 10.9 Å². The van der Waals surface area contributed by atoms with E-state index in [1.54, 1.807) is 30.3 Å². The first-order chi connectivity index (χ1) is 10.4. The van der Waals surface area contributed by atoms with E-state index in [0.717, 1.165) is 18.4 Å². The Morgan fingerprint density at radius 2 is 1.73 bits per heavy atom. The van der Waals surface area contributed by atoms with E-state index in [1.807, 2.05) is 6.92 Å². The lowest BCUT2D eigenvalue weighted by Gasteiger charge is -2.16. The second-order valence-electron chi connectivity index (χ2n) is 5.93. The second kappa shape index (κ2) is 7.09. The zero-order chi connectivity index (χ0) is 16.2. The van der Waals surface area contributed by atoms with Crippen molar-refractivity contribution in [1.29, 1.82) is 0 Å². The molecule has 0 heterocycles. The van der Waals surface area contributed by atoms with Crippen molar-refractivity contribution in [1.82, 2.24) is 5.32 Å². The van der Waals surface area contributed by atoms with Crippen LogP contribution in [0, 0.1) is 0 Å². The smallest absolute Gasteiger partial charge is 0.244 e. The number of benzene rings is 1. The van der Waals surface area contributed by atoms with Gasteiger partial charge in [0.15, 0.2) is 9.84 Å². The Balaban J connectivity index is 1.99. The van der Waals surface area contributed by atoms with E-state index >= 15 is 0 Å². The minimum absolute atomic E-state index is 0.0726. The first kappa shape index (κ1) is 16.7. The summed E-state index contributed by atoms with van der Waals surface area (Å²) in [4.78, 5) is 12.3. The molecule has 1 aromatic rings. The molecule has 0 aromatic heterocycles. The number of allylic oxidation sites excluding steroid dienone is 1. The molecule has 1 aliphatic rings. The van der Waals surface area contributed by atoms with E-state index in [-0.39, 0.29) is 11.9 Å². The lowest BCUT2D eigenvalue weighted by atomic mass is 9.94. The predicted molar refractivity (Wildman–Crippen MR) is 87.3 cm³/mol. The highest BCUT2D eigenvalue weighted by atomic mass is 32.2. The van der Waals surface area contributed by atoms with Crippen LogP contribution < -0.4 is 5.32 Å². The van der Waals surface area contributed by atoms with E-state index in [1.165, 1.54) is 31.1 Å². The Hall–Kier alpha value is -1.62. The molecule has 5 heteroatoms. The van der Waals surface area contributed by atoms with Crippen molar-refractivity contribution in [2.24, 2.45) is 0 Å². The predicted octanol–water partition coefficient (Wildman–Crippen LogP) is 3.16. The molecule has 0 saturated heterocycles. The number of nitrogens with one attached hydrogen (secondary N) is 1. The zero-order valence-electron chi connectivity index (χ0n) is 13.1. The number of rotatable bonds is 4. The van der Waals surface area contributed by atoms with Gasteiger partial charge in [0.2, 0.25) is 5.91 Å². The Morgan fingerprint density at radius 1 is 1.14 bits per heavy atom. The van der Waals surface area contributed by atoms with Crippen molar-refractivity contribution in [3.8, 4) is 0 Å². The Labute approximate surface area is 132 Å². The maximum Gasteiger partial charge on any atom is 0.244 e. The molecule has 1 amide bonds. The van der Waals surface area contributed by atoms with E-state index in [4.69, 9.17) is 0 Å². The fourth-order valence-corrected chi connectivity index (χ4v) is 3.31. The number of sulfone groups is 1. The molecule has 0 spiro atoms. The summed E-state index contributed by atoms with van der Waals surface area (Å²) in [5.41, 5.74) is 2.12. The molecule has 0 aliphatic heterocycles. The van der Waals surface area contributed by atoms with Gasteiger partial charge < -0.3 is 5.32 Å². The van der Waals surface area contributed by atoms with Crippen molar-refractivity contribution in [3.63, 3.8) is 0 Å². The van der Waals surface area contributed by atoms with Crippen molar-refractivity contribution in [2.75, 3.05) is 6.26 Å². The summed E-state index contributed by atoms with van der Waals surface area (Å²) < 4.78 is 22.9. The molecule has 1 fully saturated rings. The maximum absolute atomic E-state index is 12.0. The largest absolute Gasteiger partial charge is 0.346 e. The third kappa shape index (κ3) is 4.70. The van der Waals surface area contributed by atoms with Crippen LogP contribution in [-0.4, -0.2) is 20.6 Å². The highest BCUT2D eigenvalue weighted by Crippen LogP contribution is 2.22. The molecule has 4 nitrogen and oxygen atoms in total. The van der Waals surface area contributed by atoms with Crippen LogP contribution in [0.15, 0.2) is 40.8 Å². The van der Waals surface area contributed by atoms with Gasteiger partial charge in [-0.1, -0.05) is 24.1 Å². The molecule has 0 unspecified atom stereocenters. The number of carbonyl (C=O) groups is 1. The van der Waals surface area contributed by atoms with Crippen molar-refractivity contribution < 1.29 is 13.2 Å². The van der Waals surface area contributed by atoms with Crippen molar-refractivity contribution >= 4 is 15.7 Å². The normalized spacial score (nSPS) is 16.9. The number of carbonyl (C=O) groups excluding carboxylic acids is 1. The zero-order valence-corrected chi connectivity index (χ0v) is 13.9. The van der Waals surface area contributed by atoms with E-state index in [0.29, 0.717) is 4.90 Å². The minimum atomic E-state index is -3.18. The van der Waals surface area contributed by atoms with Gasteiger partial charge in [-0.05, 0) is 50.3 Å². The molecule has 0 bridgehead atoms. The Bertz CT molecular complexity index is 652. The van der Waals surface area contributed by atoms with Crippen LogP contribution in [-0.2, 0) is 14.6 Å². The average Bonchev–Trinajstić information content (AvgIpc) is 2.47. The van der Waals surface area contributed by atoms with Crippen LogP contribution >= 0.6 is 0 Å². The fourth-order valence-electron chi connectivity index (χ4n) is 2.68. The summed E-state index contributed by atoms with van der Waals surface area (Å²) in [6.45, 7) is 1.90. The van der Waals surface area contributed by atoms with Crippen molar-refractivity contribution in [3.05, 3.63) is 41.5 Å². The highest BCUT2D eigenvalue weighted by molar-refractivity contribution is 7.90. The second-order valence-corrected chi connectivity index (χ2v) is 7.95. The number of hydrogen-bond donors (Lipinski definition) is 1. The molecule has 1 N–H and O–H groups in total. The van der Waals surface area contributed by atoms with Crippen LogP contribution in [0.25, 0.3) is 0 Å². The monoisotopic (exact) mass is 321 g/mol. The summed E-state index contributed by atoms with van der Waals surface area (Å²) in [5.74, 6) is -0.0726. The number of amides is 1. The molecule has 1 aliphatic carbocycles. The minimum Gasteiger partial charge on any atom is -0.346 e. The van der Waals surface area contributed by atoms with E-state index in [2.05, 4.69) is 5.32 Å². The first-order valence-corrected chi connectivity index (χ1v) is 9.55. The molecule has 1 saturated carbocycles. The molecule has 1 atom stereocenters. The topological polar surface area (TPSA) is 63.2 Å². The molecule has 120 valence electrons. The molecule has 22 heavy (non-hydrogen) atoms. The van der Waals surface area contributed by atoms with Crippen molar-refractivity contribution in [2.45, 2.75) is 50.0 Å². The van der Waals surface area contributed by atoms with Gasteiger partial charge in [0.25, 0.3) is 0 Å². The lowest BCUT2D eigenvalue weighted by Crippen LogP contribution is -2.25. The van der Waals surface area contributed by atoms with Crippen LogP contribution in [0.5, 0.6) is 0 Å². The summed E-state index contributed by atoms with van der Waals surface area (Å²) in [7, 11) is -3.18. The van der Waals surface area contributed by atoms with E-state index < -0.39 is 9.84 Å². The highest BCUT2D eigenvalue weighted by Gasteiger charge is 2.12. The molecular weight excluding hydrogens is 298 g/mol. The lowest BCUT2D eigenvalue weighted by molar-refractivity contribution is -0.117. The number of hydrogen-bond acceptors (Lipinski definition) is 3. The van der Waals surface area contributed by atoms with Crippen LogP contribution in [0.3, 0.4) is 0 Å². The summed E-state index contributed by atoms with van der Waals surface area (Å²) in [6, 6.07) is 6.49. The molecular formula is C17H23NO3S. The summed E-state index contributed by atoms with van der Waals surface area (Å²) in [6.07, 6.45) is 8.53. The average molecular weight is 321 g/mol. The maximum atomic E-state index is 12.0. The molecule has 0 radical (unpaired) electrons. The SMILES string of the molecule is C[C@H](NC(=O)C=C1CCCCC1)c1ccc(S(C)(=O)=O)cc1. The first-order valence-electron chi connectivity index (χ1n) is 7.66. The molecule has 1 aromatic carbocycles. The third-order valence-corrected chi connectivity index (χ3v) is 5.13. The van der Waals surface area contributed by atoms with Crippen LogP contribution in [0.4, 0.5) is 0 Å². The van der Waals surface area contributed by atoms with E-state index in [9.17, 15) is 13.2 Å². The Kier molecular flexibility index (Phi) is 5.40. The van der Waals surface area contributed by atoms with Gasteiger partial charge in [-0.25, -0.2) is 8.42 Å². The fraction of sp³-hybridized carbons (Fsp3) is 0.471. The van der Waals surface area contributed by atoms with Gasteiger partial charge in [-0.3, -0.25) is 4.79 Å². The standard InChI is InChI=1S/C17H23NO3S/c1-13(15-8-10-16(11-9-15)22(2,20)21)18-17(19)12-14-6-4-3-5-7-14/h8-13H,3-7H2,1-2H3,(H,18,19)/t13-/m0/s1. The quantitative estimate of drug-likeness (QED) is 0.866. The Morgan fingerprint density at radius 3 is 2.27 bits per heavy atom. The van der Waals surface area contributed by atoms with Crippen LogP contribution in [0.2, 0.25) is 0 Å². The van der Waals surface area contributed by atoms with Gasteiger partial charge in [0.1, 0.15) is 0 Å². The van der Waals surface area contributed by atoms with Crippen LogP contribution in [0.1, 0.15) is 50.6 Å².